The van der Waals surface area contributed by atoms with Crippen LogP contribution in [-0.2, 0) is 9.59 Å². The molecular weight excluding hydrogens is 314 g/mol. The van der Waals surface area contributed by atoms with E-state index in [2.05, 4.69) is 9.80 Å². The Morgan fingerprint density at radius 2 is 1.44 bits per heavy atom. The number of hydrogen-bond acceptors (Lipinski definition) is 3. The molecule has 5 nitrogen and oxygen atoms in total. The fraction of sp³-hybridized carbons (Fsp3) is 0.900. The van der Waals surface area contributed by atoms with Crippen LogP contribution in [0.15, 0.2) is 0 Å². The zero-order valence-electron chi connectivity index (χ0n) is 16.3. The normalized spacial score (nSPS) is 26.9. The molecule has 1 unspecified atom stereocenters. The maximum absolute atomic E-state index is 12.7. The summed E-state index contributed by atoms with van der Waals surface area (Å²) < 4.78 is 0. The van der Waals surface area contributed by atoms with Crippen LogP contribution in [0.4, 0.5) is 0 Å². The molecule has 0 N–H and O–H groups in total. The van der Waals surface area contributed by atoms with Crippen molar-refractivity contribution in [1.29, 1.82) is 0 Å². The first-order valence-electron chi connectivity index (χ1n) is 10.2. The van der Waals surface area contributed by atoms with Gasteiger partial charge in [-0.25, -0.2) is 0 Å². The molecule has 5 heteroatoms. The highest BCUT2D eigenvalue weighted by Gasteiger charge is 2.36. The molecule has 0 saturated carbocycles. The van der Waals surface area contributed by atoms with Crippen molar-refractivity contribution < 1.29 is 9.59 Å². The molecule has 2 amide bonds. The summed E-state index contributed by atoms with van der Waals surface area (Å²) in [5, 5.41) is 0. The summed E-state index contributed by atoms with van der Waals surface area (Å²) in [5.41, 5.74) is -0.287. The molecule has 25 heavy (non-hydrogen) atoms. The maximum Gasteiger partial charge on any atom is 0.227 e. The monoisotopic (exact) mass is 349 g/mol. The van der Waals surface area contributed by atoms with Crippen molar-refractivity contribution >= 4 is 11.8 Å². The summed E-state index contributed by atoms with van der Waals surface area (Å²) in [4.78, 5) is 31.8. The lowest BCUT2D eigenvalue weighted by atomic mass is 9.91. The van der Waals surface area contributed by atoms with Crippen molar-refractivity contribution in [3.8, 4) is 0 Å². The highest BCUT2D eigenvalue weighted by molar-refractivity contribution is 5.81. The van der Waals surface area contributed by atoms with Crippen LogP contribution in [0.1, 0.15) is 59.3 Å². The van der Waals surface area contributed by atoms with E-state index in [4.69, 9.17) is 0 Å². The Hall–Kier alpha value is -1.10. The molecule has 0 spiro atoms. The van der Waals surface area contributed by atoms with Gasteiger partial charge in [-0.2, -0.15) is 0 Å². The molecule has 0 aliphatic carbocycles. The zero-order chi connectivity index (χ0) is 18.0. The highest BCUT2D eigenvalue weighted by Crippen LogP contribution is 2.27. The Labute approximate surface area is 152 Å². The molecule has 0 aromatic heterocycles. The first-order valence-corrected chi connectivity index (χ1v) is 10.2. The number of hydrogen-bond donors (Lipinski definition) is 0. The minimum atomic E-state index is -0.287. The molecule has 0 aromatic carbocycles. The predicted molar refractivity (Wildman–Crippen MR) is 99.2 cm³/mol. The number of nitrogens with zero attached hydrogens (tertiary/aromatic N) is 3. The highest BCUT2D eigenvalue weighted by atomic mass is 16.2. The van der Waals surface area contributed by atoms with Gasteiger partial charge in [0.1, 0.15) is 0 Å². The van der Waals surface area contributed by atoms with Crippen molar-refractivity contribution in [1.82, 2.24) is 14.7 Å². The number of rotatable bonds is 2. The largest absolute Gasteiger partial charge is 0.342 e. The number of likely N-dealkylation sites (tertiary alicyclic amines) is 3. The molecule has 3 aliphatic heterocycles. The SMILES string of the molecule is CC(C)(C)C(=O)N1CCC(N2CCCC(C(=O)N3CCCC3)C2)CC1. The molecule has 0 radical (unpaired) electrons. The third kappa shape index (κ3) is 4.36. The number of carbonyl (C=O) groups is 2. The van der Waals surface area contributed by atoms with Gasteiger partial charge in [0.15, 0.2) is 0 Å². The first kappa shape index (κ1) is 18.7. The van der Waals surface area contributed by atoms with Crippen LogP contribution >= 0.6 is 0 Å². The van der Waals surface area contributed by atoms with E-state index in [1.807, 2.05) is 25.7 Å². The Balaban J connectivity index is 1.51. The first-order chi connectivity index (χ1) is 11.9. The van der Waals surface area contributed by atoms with Crippen molar-refractivity contribution in [2.75, 3.05) is 39.3 Å². The Morgan fingerprint density at radius 1 is 0.800 bits per heavy atom. The van der Waals surface area contributed by atoms with E-state index in [-0.39, 0.29) is 17.2 Å². The summed E-state index contributed by atoms with van der Waals surface area (Å²) in [6.07, 6.45) is 6.61. The quantitative estimate of drug-likeness (QED) is 0.769. The second-order valence-electron chi connectivity index (χ2n) is 9.14. The molecule has 3 rings (SSSR count). The van der Waals surface area contributed by atoms with Gasteiger partial charge in [0.25, 0.3) is 0 Å². The van der Waals surface area contributed by atoms with E-state index in [9.17, 15) is 9.59 Å². The topological polar surface area (TPSA) is 43.9 Å². The molecule has 3 heterocycles. The third-order valence-corrected chi connectivity index (χ3v) is 6.13. The van der Waals surface area contributed by atoms with E-state index in [0.717, 1.165) is 65.0 Å². The lowest BCUT2D eigenvalue weighted by molar-refractivity contribution is -0.141. The van der Waals surface area contributed by atoms with Gasteiger partial charge >= 0.3 is 0 Å². The summed E-state index contributed by atoms with van der Waals surface area (Å²) >= 11 is 0. The lowest BCUT2D eigenvalue weighted by Gasteiger charge is -2.43. The van der Waals surface area contributed by atoms with E-state index in [0.29, 0.717) is 11.9 Å². The van der Waals surface area contributed by atoms with Gasteiger partial charge in [0.05, 0.1) is 5.92 Å². The molecule has 1 atom stereocenters. The van der Waals surface area contributed by atoms with Crippen molar-refractivity contribution in [3.63, 3.8) is 0 Å². The molecular formula is C20H35N3O2. The summed E-state index contributed by atoms with van der Waals surface area (Å²) in [7, 11) is 0. The van der Waals surface area contributed by atoms with Gasteiger partial charge in [-0.3, -0.25) is 14.5 Å². The molecule has 3 aliphatic rings. The maximum atomic E-state index is 12.7. The fourth-order valence-corrected chi connectivity index (χ4v) is 4.64. The second kappa shape index (κ2) is 7.65. The van der Waals surface area contributed by atoms with Crippen LogP contribution in [0.5, 0.6) is 0 Å². The fourth-order valence-electron chi connectivity index (χ4n) is 4.64. The van der Waals surface area contributed by atoms with Crippen LogP contribution in [0, 0.1) is 11.3 Å². The van der Waals surface area contributed by atoms with E-state index in [1.165, 1.54) is 12.8 Å². The van der Waals surface area contributed by atoms with Gasteiger partial charge < -0.3 is 9.80 Å². The van der Waals surface area contributed by atoms with Gasteiger partial charge in [0.2, 0.25) is 11.8 Å². The summed E-state index contributed by atoms with van der Waals surface area (Å²) in [6.45, 7) is 11.7. The minimum absolute atomic E-state index is 0.195. The van der Waals surface area contributed by atoms with Crippen LogP contribution in [-0.4, -0.2) is 71.8 Å². The van der Waals surface area contributed by atoms with Crippen LogP contribution < -0.4 is 0 Å². The van der Waals surface area contributed by atoms with Gasteiger partial charge in [0, 0.05) is 44.2 Å². The Morgan fingerprint density at radius 3 is 2.04 bits per heavy atom. The van der Waals surface area contributed by atoms with Gasteiger partial charge in [-0.1, -0.05) is 20.8 Å². The van der Waals surface area contributed by atoms with Gasteiger partial charge in [-0.15, -0.1) is 0 Å². The van der Waals surface area contributed by atoms with Crippen LogP contribution in [0.3, 0.4) is 0 Å². The average molecular weight is 350 g/mol. The average Bonchev–Trinajstić information content (AvgIpc) is 3.14. The second-order valence-corrected chi connectivity index (χ2v) is 9.14. The Bertz CT molecular complexity index is 486. The number of piperidine rings is 2. The van der Waals surface area contributed by atoms with Crippen molar-refractivity contribution in [3.05, 3.63) is 0 Å². The molecule has 3 fully saturated rings. The zero-order valence-corrected chi connectivity index (χ0v) is 16.3. The predicted octanol–water partition coefficient (Wildman–Crippen LogP) is 2.36. The summed E-state index contributed by atoms with van der Waals surface area (Å²) in [5.74, 6) is 0.857. The number of carbonyl (C=O) groups excluding carboxylic acids is 2. The minimum Gasteiger partial charge on any atom is -0.342 e. The van der Waals surface area contributed by atoms with Crippen molar-refractivity contribution in [2.24, 2.45) is 11.3 Å². The standard InChI is InChI=1S/C20H35N3O2/c1-20(2,3)19(25)22-13-8-17(9-14-22)23-12-6-7-16(15-23)18(24)21-10-4-5-11-21/h16-17H,4-15H2,1-3H3. The van der Waals surface area contributed by atoms with Crippen LogP contribution in [0.2, 0.25) is 0 Å². The molecule has 3 saturated heterocycles. The molecule has 0 bridgehead atoms. The van der Waals surface area contributed by atoms with E-state index >= 15 is 0 Å². The molecule has 0 aromatic rings. The van der Waals surface area contributed by atoms with Crippen LogP contribution in [0.25, 0.3) is 0 Å². The smallest absolute Gasteiger partial charge is 0.227 e. The van der Waals surface area contributed by atoms with Gasteiger partial charge in [-0.05, 0) is 45.1 Å². The molecule has 142 valence electrons. The lowest BCUT2D eigenvalue weighted by Crippen LogP contribution is -2.52. The number of amides is 2. The summed E-state index contributed by atoms with van der Waals surface area (Å²) in [6, 6.07) is 0.540. The Kier molecular flexibility index (Phi) is 5.71. The third-order valence-electron chi connectivity index (χ3n) is 6.13. The van der Waals surface area contributed by atoms with E-state index < -0.39 is 0 Å². The van der Waals surface area contributed by atoms with E-state index in [1.54, 1.807) is 0 Å². The van der Waals surface area contributed by atoms with Crippen molar-refractivity contribution in [2.45, 2.75) is 65.3 Å².